The fourth-order valence-corrected chi connectivity index (χ4v) is 1.84. The Balaban J connectivity index is 2.48. The summed E-state index contributed by atoms with van der Waals surface area (Å²) < 4.78 is 5.27. The fraction of sp³-hybridized carbons (Fsp3) is 0.909. The fourth-order valence-electron chi connectivity index (χ4n) is 1.84. The van der Waals surface area contributed by atoms with Gasteiger partial charge >= 0.3 is 6.09 Å². The minimum Gasteiger partial charge on any atom is -0.444 e. The Labute approximate surface area is 96.6 Å². The van der Waals surface area contributed by atoms with Crippen LogP contribution in [-0.4, -0.2) is 47.4 Å². The number of carbonyl (C=O) groups is 1. The molecule has 2 unspecified atom stereocenters. The first-order chi connectivity index (χ1) is 7.33. The number of nitrogens with two attached hydrogens (primary N) is 1. The number of nitrogens with zero attached hydrogens (tertiary/aromatic N) is 1. The molecule has 1 amide bonds. The number of aliphatic hydroxyl groups is 1. The van der Waals surface area contributed by atoms with Gasteiger partial charge in [0.2, 0.25) is 0 Å². The normalized spacial score (nSPS) is 25.9. The van der Waals surface area contributed by atoms with Gasteiger partial charge in [-0.25, -0.2) is 4.79 Å². The lowest BCUT2D eigenvalue weighted by atomic mass is 10.0. The molecule has 1 fully saturated rings. The Morgan fingerprint density at radius 2 is 2.12 bits per heavy atom. The Hall–Kier alpha value is -0.810. The zero-order valence-corrected chi connectivity index (χ0v) is 10.3. The van der Waals surface area contributed by atoms with Crippen molar-refractivity contribution >= 4 is 6.09 Å². The summed E-state index contributed by atoms with van der Waals surface area (Å²) >= 11 is 0. The van der Waals surface area contributed by atoms with Crippen molar-refractivity contribution in [3.8, 4) is 0 Å². The molecule has 1 aliphatic rings. The molecular formula is C11H22N2O3. The van der Waals surface area contributed by atoms with E-state index in [1.54, 1.807) is 4.90 Å². The third-order valence-electron chi connectivity index (χ3n) is 2.64. The second kappa shape index (κ2) is 5.01. The first-order valence-electron chi connectivity index (χ1n) is 5.68. The number of aliphatic hydroxyl groups excluding tert-OH is 1. The first-order valence-corrected chi connectivity index (χ1v) is 5.68. The molecule has 0 aromatic rings. The lowest BCUT2D eigenvalue weighted by molar-refractivity contribution is 0.0285. The second-order valence-corrected chi connectivity index (χ2v) is 5.32. The number of ether oxygens (including phenoxy) is 1. The molecular weight excluding hydrogens is 208 g/mol. The van der Waals surface area contributed by atoms with Gasteiger partial charge in [-0.2, -0.15) is 0 Å². The molecule has 1 rings (SSSR count). The van der Waals surface area contributed by atoms with E-state index in [1.807, 2.05) is 20.8 Å². The predicted octanol–water partition coefficient (Wildman–Crippen LogP) is 0.563. The molecule has 3 N–H and O–H groups in total. The molecule has 0 saturated carbocycles. The maximum absolute atomic E-state index is 11.7. The van der Waals surface area contributed by atoms with E-state index in [2.05, 4.69) is 0 Å². The average molecular weight is 230 g/mol. The van der Waals surface area contributed by atoms with Crippen molar-refractivity contribution in [1.82, 2.24) is 4.90 Å². The third kappa shape index (κ3) is 3.64. The van der Waals surface area contributed by atoms with Gasteiger partial charge in [-0.05, 0) is 33.1 Å². The molecule has 94 valence electrons. The number of likely N-dealkylation sites (tertiary alicyclic amines) is 1. The van der Waals surface area contributed by atoms with E-state index in [9.17, 15) is 4.79 Å². The highest BCUT2D eigenvalue weighted by Gasteiger charge is 2.34. The Bertz CT molecular complexity index is 250. The monoisotopic (exact) mass is 230 g/mol. The minimum absolute atomic E-state index is 0.0559. The summed E-state index contributed by atoms with van der Waals surface area (Å²) in [6, 6.07) is -0.0559. The molecule has 0 bridgehead atoms. The molecule has 0 aliphatic carbocycles. The zero-order valence-electron chi connectivity index (χ0n) is 10.3. The number of hydrogen-bond acceptors (Lipinski definition) is 4. The van der Waals surface area contributed by atoms with Crippen LogP contribution < -0.4 is 5.73 Å². The number of carbonyl (C=O) groups excluding carboxylic acids is 1. The van der Waals surface area contributed by atoms with Crippen LogP contribution in [0.4, 0.5) is 4.79 Å². The van der Waals surface area contributed by atoms with E-state index in [-0.39, 0.29) is 24.7 Å². The van der Waals surface area contributed by atoms with E-state index in [0.29, 0.717) is 19.5 Å². The van der Waals surface area contributed by atoms with Gasteiger partial charge in [0.1, 0.15) is 5.60 Å². The summed E-state index contributed by atoms with van der Waals surface area (Å²) in [4.78, 5) is 13.4. The molecule has 5 heteroatoms. The highest BCUT2D eigenvalue weighted by molar-refractivity contribution is 5.68. The van der Waals surface area contributed by atoms with Gasteiger partial charge in [0.05, 0.1) is 0 Å². The Morgan fingerprint density at radius 3 is 2.62 bits per heavy atom. The van der Waals surface area contributed by atoms with Crippen molar-refractivity contribution in [2.45, 2.75) is 38.8 Å². The standard InChI is InChI=1S/C11H22N2O3/c1-11(2,3)16-10(15)13-6-8(4-5-14)9(12)7-13/h8-9,14H,4-7,12H2,1-3H3. The summed E-state index contributed by atoms with van der Waals surface area (Å²) in [6.45, 7) is 6.72. The van der Waals surface area contributed by atoms with Crippen LogP contribution in [0.5, 0.6) is 0 Å². The van der Waals surface area contributed by atoms with Crippen molar-refractivity contribution < 1.29 is 14.6 Å². The molecule has 0 aromatic heterocycles. The molecule has 1 heterocycles. The SMILES string of the molecule is CC(C)(C)OC(=O)N1CC(N)C(CCO)C1. The number of hydrogen-bond donors (Lipinski definition) is 2. The van der Waals surface area contributed by atoms with E-state index in [1.165, 1.54) is 0 Å². The van der Waals surface area contributed by atoms with E-state index in [0.717, 1.165) is 0 Å². The number of rotatable bonds is 2. The summed E-state index contributed by atoms with van der Waals surface area (Å²) in [5, 5.41) is 8.87. The van der Waals surface area contributed by atoms with Crippen LogP contribution in [-0.2, 0) is 4.74 Å². The smallest absolute Gasteiger partial charge is 0.410 e. The van der Waals surface area contributed by atoms with E-state index < -0.39 is 5.60 Å². The summed E-state index contributed by atoms with van der Waals surface area (Å²) in [5.74, 6) is 0.178. The van der Waals surface area contributed by atoms with Gasteiger partial charge < -0.3 is 20.5 Å². The Morgan fingerprint density at radius 1 is 1.50 bits per heavy atom. The van der Waals surface area contributed by atoms with Crippen molar-refractivity contribution in [2.75, 3.05) is 19.7 Å². The highest BCUT2D eigenvalue weighted by Crippen LogP contribution is 2.20. The van der Waals surface area contributed by atoms with E-state index in [4.69, 9.17) is 15.6 Å². The molecule has 2 atom stereocenters. The maximum atomic E-state index is 11.7. The molecule has 5 nitrogen and oxygen atoms in total. The molecule has 16 heavy (non-hydrogen) atoms. The van der Waals surface area contributed by atoms with Crippen LogP contribution in [0.2, 0.25) is 0 Å². The lowest BCUT2D eigenvalue weighted by Gasteiger charge is -2.24. The zero-order chi connectivity index (χ0) is 12.3. The molecule has 0 aromatic carbocycles. The van der Waals surface area contributed by atoms with Crippen LogP contribution in [0.1, 0.15) is 27.2 Å². The Kier molecular flexibility index (Phi) is 4.15. The van der Waals surface area contributed by atoms with Gasteiger partial charge in [0.25, 0.3) is 0 Å². The summed E-state index contributed by atoms with van der Waals surface area (Å²) in [7, 11) is 0. The van der Waals surface area contributed by atoms with E-state index >= 15 is 0 Å². The third-order valence-corrected chi connectivity index (χ3v) is 2.64. The van der Waals surface area contributed by atoms with Crippen LogP contribution in [0, 0.1) is 5.92 Å². The molecule has 0 radical (unpaired) electrons. The van der Waals surface area contributed by atoms with Crippen molar-refractivity contribution in [1.29, 1.82) is 0 Å². The first kappa shape index (κ1) is 13.3. The van der Waals surface area contributed by atoms with Crippen molar-refractivity contribution in [3.63, 3.8) is 0 Å². The summed E-state index contributed by atoms with van der Waals surface area (Å²) in [6.07, 6.45) is 0.323. The van der Waals surface area contributed by atoms with Gasteiger partial charge in [0, 0.05) is 25.7 Å². The largest absolute Gasteiger partial charge is 0.444 e. The van der Waals surface area contributed by atoms with Crippen LogP contribution >= 0.6 is 0 Å². The molecule has 1 saturated heterocycles. The maximum Gasteiger partial charge on any atom is 0.410 e. The topological polar surface area (TPSA) is 75.8 Å². The van der Waals surface area contributed by atoms with Gasteiger partial charge in [0.15, 0.2) is 0 Å². The summed E-state index contributed by atoms with van der Waals surface area (Å²) in [5.41, 5.74) is 5.42. The van der Waals surface area contributed by atoms with Crippen molar-refractivity contribution in [3.05, 3.63) is 0 Å². The molecule has 0 spiro atoms. The number of amides is 1. The van der Waals surface area contributed by atoms with Gasteiger partial charge in [-0.1, -0.05) is 0 Å². The molecule has 1 aliphatic heterocycles. The minimum atomic E-state index is -0.476. The predicted molar refractivity (Wildman–Crippen MR) is 61.0 cm³/mol. The van der Waals surface area contributed by atoms with Gasteiger partial charge in [-0.3, -0.25) is 0 Å². The lowest BCUT2D eigenvalue weighted by Crippen LogP contribution is -2.36. The van der Waals surface area contributed by atoms with Gasteiger partial charge in [-0.15, -0.1) is 0 Å². The quantitative estimate of drug-likeness (QED) is 0.727. The van der Waals surface area contributed by atoms with Crippen LogP contribution in [0.25, 0.3) is 0 Å². The van der Waals surface area contributed by atoms with Crippen molar-refractivity contribution in [2.24, 2.45) is 11.7 Å². The van der Waals surface area contributed by atoms with Crippen LogP contribution in [0.15, 0.2) is 0 Å². The van der Waals surface area contributed by atoms with Crippen LogP contribution in [0.3, 0.4) is 0 Å². The second-order valence-electron chi connectivity index (χ2n) is 5.32. The average Bonchev–Trinajstić information content (AvgIpc) is 2.46. The highest BCUT2D eigenvalue weighted by atomic mass is 16.6.